The Kier molecular flexibility index (Phi) is 4.78. The topological polar surface area (TPSA) is 32.5 Å². The Labute approximate surface area is 115 Å². The number of rotatable bonds is 4. The predicted molar refractivity (Wildman–Crippen MR) is 78.9 cm³/mol. The van der Waals surface area contributed by atoms with Crippen LogP contribution >= 0.6 is 11.3 Å². The van der Waals surface area contributed by atoms with Crippen LogP contribution in [-0.2, 0) is 13.1 Å². The molecule has 0 aliphatic carbocycles. The highest BCUT2D eigenvalue weighted by molar-refractivity contribution is 7.12. The van der Waals surface area contributed by atoms with Crippen LogP contribution in [-0.4, -0.2) is 43.0 Å². The molecule has 2 rings (SSSR count). The van der Waals surface area contributed by atoms with E-state index in [1.807, 2.05) is 11.3 Å². The van der Waals surface area contributed by atoms with Gasteiger partial charge in [-0.2, -0.15) is 0 Å². The van der Waals surface area contributed by atoms with Gasteiger partial charge in [0.1, 0.15) is 0 Å². The van der Waals surface area contributed by atoms with Crippen molar-refractivity contribution < 1.29 is 0 Å². The number of likely N-dealkylation sites (tertiary alicyclic amines) is 1. The number of aryl methyl sites for hydroxylation is 1. The maximum Gasteiger partial charge on any atom is 0.0274 e. The molecule has 0 saturated carbocycles. The van der Waals surface area contributed by atoms with Gasteiger partial charge in [0.2, 0.25) is 0 Å². The fourth-order valence-corrected chi connectivity index (χ4v) is 3.67. The Balaban J connectivity index is 1.97. The number of nitrogens with zero attached hydrogens (tertiary/aromatic N) is 2. The maximum absolute atomic E-state index is 5.71. The molecule has 4 heteroatoms. The molecule has 102 valence electrons. The summed E-state index contributed by atoms with van der Waals surface area (Å²) in [6, 6.07) is 2.98. The molecule has 0 radical (unpaired) electrons. The summed E-state index contributed by atoms with van der Waals surface area (Å²) in [4.78, 5) is 7.67. The summed E-state index contributed by atoms with van der Waals surface area (Å²) in [6.45, 7) is 6.38. The lowest BCUT2D eigenvalue weighted by atomic mass is 10.0. The fraction of sp³-hybridized carbons (Fsp3) is 0.714. The average molecular weight is 267 g/mol. The van der Waals surface area contributed by atoms with Gasteiger partial charge >= 0.3 is 0 Å². The number of hydrogen-bond acceptors (Lipinski definition) is 4. The fourth-order valence-electron chi connectivity index (χ4n) is 2.74. The second kappa shape index (κ2) is 6.15. The summed E-state index contributed by atoms with van der Waals surface area (Å²) in [5.74, 6) is 0. The van der Waals surface area contributed by atoms with Gasteiger partial charge in [0.15, 0.2) is 0 Å². The third-order valence-electron chi connectivity index (χ3n) is 3.92. The van der Waals surface area contributed by atoms with E-state index in [4.69, 9.17) is 5.73 Å². The van der Waals surface area contributed by atoms with Crippen molar-refractivity contribution in [2.45, 2.75) is 38.9 Å². The molecule has 1 aromatic heterocycles. The molecular formula is C14H25N3S. The monoisotopic (exact) mass is 267 g/mol. The van der Waals surface area contributed by atoms with Crippen molar-refractivity contribution in [3.63, 3.8) is 0 Å². The first kappa shape index (κ1) is 14.0. The Bertz CT molecular complexity index is 388. The Morgan fingerprint density at radius 2 is 2.33 bits per heavy atom. The van der Waals surface area contributed by atoms with E-state index in [9.17, 15) is 0 Å². The van der Waals surface area contributed by atoms with Gasteiger partial charge in [-0.1, -0.05) is 0 Å². The smallest absolute Gasteiger partial charge is 0.0274 e. The van der Waals surface area contributed by atoms with Gasteiger partial charge in [-0.15, -0.1) is 11.3 Å². The van der Waals surface area contributed by atoms with E-state index in [0.717, 1.165) is 6.54 Å². The quantitative estimate of drug-likeness (QED) is 0.906. The number of thiophene rings is 1. The zero-order valence-electron chi connectivity index (χ0n) is 11.8. The van der Waals surface area contributed by atoms with Gasteiger partial charge in [0, 0.05) is 35.4 Å². The largest absolute Gasteiger partial charge is 0.326 e. The van der Waals surface area contributed by atoms with Crippen LogP contribution in [0.1, 0.15) is 28.2 Å². The lowest BCUT2D eigenvalue weighted by Gasteiger charge is -2.35. The first-order valence-corrected chi connectivity index (χ1v) is 7.59. The number of hydrogen-bond donors (Lipinski definition) is 1. The number of piperidine rings is 1. The van der Waals surface area contributed by atoms with E-state index >= 15 is 0 Å². The summed E-state index contributed by atoms with van der Waals surface area (Å²) in [7, 11) is 4.48. The molecule has 2 N–H and O–H groups in total. The van der Waals surface area contributed by atoms with E-state index in [-0.39, 0.29) is 0 Å². The number of likely N-dealkylation sites (N-methyl/N-ethyl adjacent to an activating group) is 2. The third-order valence-corrected chi connectivity index (χ3v) is 5.03. The molecule has 2 heterocycles. The molecule has 1 aliphatic rings. The van der Waals surface area contributed by atoms with Crippen molar-refractivity contribution in [2.75, 3.05) is 27.2 Å². The molecule has 1 unspecified atom stereocenters. The molecule has 1 aromatic rings. The molecule has 1 aliphatic heterocycles. The van der Waals surface area contributed by atoms with Crippen molar-refractivity contribution in [1.82, 2.24) is 9.80 Å². The van der Waals surface area contributed by atoms with Crippen LogP contribution in [0, 0.1) is 6.92 Å². The van der Waals surface area contributed by atoms with Crippen LogP contribution in [0.25, 0.3) is 0 Å². The van der Waals surface area contributed by atoms with Crippen molar-refractivity contribution >= 4 is 11.3 Å². The first-order valence-electron chi connectivity index (χ1n) is 6.77. The van der Waals surface area contributed by atoms with Crippen LogP contribution < -0.4 is 5.73 Å². The summed E-state index contributed by atoms with van der Waals surface area (Å²) >= 11 is 1.84. The minimum absolute atomic E-state index is 0.668. The van der Waals surface area contributed by atoms with Crippen LogP contribution in [0.4, 0.5) is 0 Å². The maximum atomic E-state index is 5.71. The van der Waals surface area contributed by atoms with Gasteiger partial charge in [-0.3, -0.25) is 4.90 Å². The average Bonchev–Trinajstić information content (AvgIpc) is 2.70. The van der Waals surface area contributed by atoms with Gasteiger partial charge in [-0.25, -0.2) is 0 Å². The van der Waals surface area contributed by atoms with Crippen molar-refractivity contribution in [1.29, 1.82) is 0 Å². The lowest BCUT2D eigenvalue weighted by Crippen LogP contribution is -2.44. The van der Waals surface area contributed by atoms with Crippen LogP contribution in [0.3, 0.4) is 0 Å². The summed E-state index contributed by atoms with van der Waals surface area (Å²) < 4.78 is 0. The van der Waals surface area contributed by atoms with E-state index in [0.29, 0.717) is 12.6 Å². The summed E-state index contributed by atoms with van der Waals surface area (Å²) in [6.07, 6.45) is 2.65. The van der Waals surface area contributed by atoms with E-state index < -0.39 is 0 Å². The summed E-state index contributed by atoms with van der Waals surface area (Å²) in [5, 5.41) is 0. The van der Waals surface area contributed by atoms with Crippen molar-refractivity contribution in [3.8, 4) is 0 Å². The molecular weight excluding hydrogens is 242 g/mol. The van der Waals surface area contributed by atoms with Gasteiger partial charge in [0.25, 0.3) is 0 Å². The highest BCUT2D eigenvalue weighted by Gasteiger charge is 2.21. The molecule has 18 heavy (non-hydrogen) atoms. The van der Waals surface area contributed by atoms with Gasteiger partial charge < -0.3 is 10.6 Å². The predicted octanol–water partition coefficient (Wildman–Crippen LogP) is 2.04. The molecule has 1 fully saturated rings. The molecule has 1 saturated heterocycles. The Morgan fingerprint density at radius 3 is 2.94 bits per heavy atom. The molecule has 0 amide bonds. The standard InChI is InChI=1S/C14H25N3S/c1-11-12(7-14(8-15)18-11)9-17(3)13-5-4-6-16(2)10-13/h7,13H,4-6,8-10,15H2,1-3H3. The third kappa shape index (κ3) is 3.32. The van der Waals surface area contributed by atoms with Gasteiger partial charge in [0.05, 0.1) is 0 Å². The van der Waals surface area contributed by atoms with E-state index in [2.05, 4.69) is 36.9 Å². The molecule has 0 bridgehead atoms. The minimum atomic E-state index is 0.668. The van der Waals surface area contributed by atoms with E-state index in [1.54, 1.807) is 0 Å². The molecule has 3 nitrogen and oxygen atoms in total. The molecule has 0 aromatic carbocycles. The molecule has 0 spiro atoms. The van der Waals surface area contributed by atoms with Crippen LogP contribution in [0.2, 0.25) is 0 Å². The second-order valence-corrected chi connectivity index (χ2v) is 6.81. The second-order valence-electron chi connectivity index (χ2n) is 5.47. The summed E-state index contributed by atoms with van der Waals surface area (Å²) in [5.41, 5.74) is 7.17. The zero-order chi connectivity index (χ0) is 13.1. The van der Waals surface area contributed by atoms with Crippen LogP contribution in [0.5, 0.6) is 0 Å². The molecule has 1 atom stereocenters. The SMILES string of the molecule is Cc1sc(CN)cc1CN(C)C1CCCN(C)C1. The number of nitrogens with two attached hydrogens (primary N) is 1. The minimum Gasteiger partial charge on any atom is -0.326 e. The van der Waals surface area contributed by atoms with E-state index in [1.165, 1.54) is 41.2 Å². The van der Waals surface area contributed by atoms with Crippen molar-refractivity contribution in [2.24, 2.45) is 5.73 Å². The first-order chi connectivity index (χ1) is 8.60. The highest BCUT2D eigenvalue weighted by atomic mass is 32.1. The Morgan fingerprint density at radius 1 is 1.56 bits per heavy atom. The zero-order valence-corrected chi connectivity index (χ0v) is 12.6. The Hall–Kier alpha value is -0.420. The van der Waals surface area contributed by atoms with Gasteiger partial charge in [-0.05, 0) is 52.0 Å². The highest BCUT2D eigenvalue weighted by Crippen LogP contribution is 2.24. The lowest BCUT2D eigenvalue weighted by molar-refractivity contribution is 0.129. The van der Waals surface area contributed by atoms with Crippen molar-refractivity contribution in [3.05, 3.63) is 21.4 Å². The normalized spacial score (nSPS) is 21.7. The van der Waals surface area contributed by atoms with Crippen LogP contribution in [0.15, 0.2) is 6.07 Å².